The summed E-state index contributed by atoms with van der Waals surface area (Å²) in [7, 11) is 0. The van der Waals surface area contributed by atoms with Crippen molar-refractivity contribution in [2.75, 3.05) is 0 Å². The molecular formula is C17H14ClNS. The molecule has 2 N–H and O–H groups in total. The number of rotatable bonds is 3. The highest BCUT2D eigenvalue weighted by atomic mass is 35.5. The van der Waals surface area contributed by atoms with E-state index in [1.165, 1.54) is 15.7 Å². The molecule has 0 aliphatic heterocycles. The van der Waals surface area contributed by atoms with Gasteiger partial charge in [-0.15, -0.1) is 0 Å². The van der Waals surface area contributed by atoms with Crippen LogP contribution in [0.15, 0.2) is 70.5 Å². The van der Waals surface area contributed by atoms with E-state index in [-0.39, 0.29) is 0 Å². The van der Waals surface area contributed by atoms with E-state index in [1.807, 2.05) is 18.2 Å². The number of hydrogen-bond acceptors (Lipinski definition) is 2. The van der Waals surface area contributed by atoms with E-state index in [4.69, 9.17) is 17.3 Å². The van der Waals surface area contributed by atoms with Crippen LogP contribution in [-0.2, 0) is 6.54 Å². The Morgan fingerprint density at radius 1 is 0.900 bits per heavy atom. The Morgan fingerprint density at radius 3 is 2.45 bits per heavy atom. The Labute approximate surface area is 127 Å². The van der Waals surface area contributed by atoms with E-state index in [9.17, 15) is 0 Å². The van der Waals surface area contributed by atoms with E-state index >= 15 is 0 Å². The summed E-state index contributed by atoms with van der Waals surface area (Å²) < 4.78 is 0. The second-order valence-corrected chi connectivity index (χ2v) is 6.10. The summed E-state index contributed by atoms with van der Waals surface area (Å²) in [4.78, 5) is 2.24. The van der Waals surface area contributed by atoms with Gasteiger partial charge in [0.25, 0.3) is 0 Å². The van der Waals surface area contributed by atoms with Crippen molar-refractivity contribution < 1.29 is 0 Å². The molecule has 0 aliphatic carbocycles. The van der Waals surface area contributed by atoms with Gasteiger partial charge >= 0.3 is 0 Å². The zero-order valence-electron chi connectivity index (χ0n) is 10.8. The first-order valence-electron chi connectivity index (χ1n) is 6.41. The first-order chi connectivity index (χ1) is 9.76. The van der Waals surface area contributed by atoms with E-state index in [0.717, 1.165) is 15.5 Å². The van der Waals surface area contributed by atoms with Gasteiger partial charge in [-0.05, 0) is 40.6 Å². The topological polar surface area (TPSA) is 26.0 Å². The molecule has 1 nitrogen and oxygen atoms in total. The summed E-state index contributed by atoms with van der Waals surface area (Å²) in [6, 6.07) is 20.8. The fourth-order valence-corrected chi connectivity index (χ4v) is 3.30. The van der Waals surface area contributed by atoms with Gasteiger partial charge < -0.3 is 5.73 Å². The van der Waals surface area contributed by atoms with E-state index in [1.54, 1.807) is 11.8 Å². The van der Waals surface area contributed by atoms with E-state index < -0.39 is 0 Å². The molecule has 0 amide bonds. The Bertz CT molecular complexity index is 755. The minimum absolute atomic E-state index is 0.515. The van der Waals surface area contributed by atoms with Gasteiger partial charge in [-0.25, -0.2) is 0 Å². The quantitative estimate of drug-likeness (QED) is 0.728. The van der Waals surface area contributed by atoms with Crippen LogP contribution < -0.4 is 5.73 Å². The molecule has 0 saturated carbocycles. The molecule has 0 atom stereocenters. The largest absolute Gasteiger partial charge is 0.326 e. The Hall–Kier alpha value is -1.48. The highest BCUT2D eigenvalue weighted by Crippen LogP contribution is 2.35. The Morgan fingerprint density at radius 2 is 1.70 bits per heavy atom. The van der Waals surface area contributed by atoms with Crippen LogP contribution in [0.3, 0.4) is 0 Å². The summed E-state index contributed by atoms with van der Waals surface area (Å²) in [5, 5.41) is 3.25. The second-order valence-electron chi connectivity index (χ2n) is 4.58. The number of halogens is 1. The molecule has 0 unspecified atom stereocenters. The smallest absolute Gasteiger partial charge is 0.0548 e. The number of fused-ring (bicyclic) bond motifs is 1. The normalized spacial score (nSPS) is 10.9. The molecule has 3 aromatic rings. The van der Waals surface area contributed by atoms with Crippen LogP contribution in [0.4, 0.5) is 0 Å². The minimum atomic E-state index is 0.515. The molecule has 3 rings (SSSR count). The van der Waals surface area contributed by atoms with Gasteiger partial charge in [0, 0.05) is 16.3 Å². The van der Waals surface area contributed by atoms with Crippen LogP contribution in [0.5, 0.6) is 0 Å². The lowest BCUT2D eigenvalue weighted by Gasteiger charge is -2.07. The van der Waals surface area contributed by atoms with Gasteiger partial charge in [-0.3, -0.25) is 0 Å². The number of nitrogens with two attached hydrogens (primary N) is 1. The third-order valence-corrected chi connectivity index (χ3v) is 4.67. The average Bonchev–Trinajstić information content (AvgIpc) is 2.49. The maximum atomic E-state index is 6.30. The lowest BCUT2D eigenvalue weighted by molar-refractivity contribution is 1.07. The second kappa shape index (κ2) is 5.88. The third-order valence-electron chi connectivity index (χ3n) is 3.18. The predicted molar refractivity (Wildman–Crippen MR) is 87.4 cm³/mol. The number of hydrogen-bond donors (Lipinski definition) is 1. The molecule has 0 aliphatic rings. The molecule has 100 valence electrons. The fourth-order valence-electron chi connectivity index (χ4n) is 2.11. The zero-order chi connectivity index (χ0) is 13.9. The van der Waals surface area contributed by atoms with Gasteiger partial charge in [0.05, 0.1) is 5.02 Å². The average molecular weight is 300 g/mol. The molecule has 20 heavy (non-hydrogen) atoms. The van der Waals surface area contributed by atoms with E-state index in [2.05, 4.69) is 42.5 Å². The van der Waals surface area contributed by atoms with Gasteiger partial charge in [-0.1, -0.05) is 59.8 Å². The molecule has 3 aromatic carbocycles. The SMILES string of the molecule is NCc1ccc(Sc2ccc3ccccc3c2)c(Cl)c1. The monoisotopic (exact) mass is 299 g/mol. The first kappa shape index (κ1) is 13.5. The molecule has 0 spiro atoms. The van der Waals surface area contributed by atoms with Crippen molar-refractivity contribution in [3.05, 3.63) is 71.2 Å². The molecule has 3 heteroatoms. The van der Waals surface area contributed by atoms with Crippen LogP contribution in [-0.4, -0.2) is 0 Å². The Kier molecular flexibility index (Phi) is 3.97. The van der Waals surface area contributed by atoms with Crippen molar-refractivity contribution in [2.45, 2.75) is 16.3 Å². The van der Waals surface area contributed by atoms with Crippen molar-refractivity contribution >= 4 is 34.1 Å². The lowest BCUT2D eigenvalue weighted by Crippen LogP contribution is -1.95. The summed E-state index contributed by atoms with van der Waals surface area (Å²) in [5.74, 6) is 0. The van der Waals surface area contributed by atoms with Gasteiger partial charge in [0.2, 0.25) is 0 Å². The fraction of sp³-hybridized carbons (Fsp3) is 0.0588. The molecule has 0 heterocycles. The van der Waals surface area contributed by atoms with Crippen molar-refractivity contribution in [3.63, 3.8) is 0 Å². The van der Waals surface area contributed by atoms with Crippen molar-refractivity contribution in [1.82, 2.24) is 0 Å². The minimum Gasteiger partial charge on any atom is -0.326 e. The highest BCUT2D eigenvalue weighted by Gasteiger charge is 2.04. The first-order valence-corrected chi connectivity index (χ1v) is 7.61. The maximum Gasteiger partial charge on any atom is 0.0548 e. The third kappa shape index (κ3) is 2.83. The summed E-state index contributed by atoms with van der Waals surface area (Å²) in [5.41, 5.74) is 6.67. The highest BCUT2D eigenvalue weighted by molar-refractivity contribution is 7.99. The van der Waals surface area contributed by atoms with Gasteiger partial charge in [-0.2, -0.15) is 0 Å². The van der Waals surface area contributed by atoms with E-state index in [0.29, 0.717) is 6.54 Å². The molecule has 0 bridgehead atoms. The molecule has 0 saturated heterocycles. The lowest BCUT2D eigenvalue weighted by atomic mass is 10.1. The summed E-state index contributed by atoms with van der Waals surface area (Å²) in [6.07, 6.45) is 0. The van der Waals surface area contributed by atoms with Crippen molar-refractivity contribution in [3.8, 4) is 0 Å². The van der Waals surface area contributed by atoms with Crippen LogP contribution in [0.2, 0.25) is 5.02 Å². The Balaban J connectivity index is 1.92. The van der Waals surface area contributed by atoms with Crippen molar-refractivity contribution in [1.29, 1.82) is 0 Å². The molecule has 0 radical (unpaired) electrons. The molecule has 0 aromatic heterocycles. The van der Waals surface area contributed by atoms with Gasteiger partial charge in [0.15, 0.2) is 0 Å². The standard InChI is InChI=1S/C17H14ClNS/c18-16-9-12(11-19)5-8-17(16)20-15-7-6-13-3-1-2-4-14(13)10-15/h1-10H,11,19H2. The summed E-state index contributed by atoms with van der Waals surface area (Å²) >= 11 is 7.98. The summed E-state index contributed by atoms with van der Waals surface area (Å²) in [6.45, 7) is 0.515. The van der Waals surface area contributed by atoms with Crippen LogP contribution in [0, 0.1) is 0 Å². The zero-order valence-corrected chi connectivity index (χ0v) is 12.4. The maximum absolute atomic E-state index is 6.30. The van der Waals surface area contributed by atoms with Crippen LogP contribution in [0.1, 0.15) is 5.56 Å². The molecule has 0 fully saturated rings. The van der Waals surface area contributed by atoms with Gasteiger partial charge in [0.1, 0.15) is 0 Å². The van der Waals surface area contributed by atoms with Crippen LogP contribution in [0.25, 0.3) is 10.8 Å². The predicted octanol–water partition coefficient (Wildman–Crippen LogP) is 5.10. The number of benzene rings is 3. The van der Waals surface area contributed by atoms with Crippen molar-refractivity contribution in [2.24, 2.45) is 5.73 Å². The molecular weight excluding hydrogens is 286 g/mol. The van der Waals surface area contributed by atoms with Crippen LogP contribution >= 0.6 is 23.4 Å².